The van der Waals surface area contributed by atoms with Crippen LogP contribution in [-0.4, -0.2) is 29.5 Å². The number of hydrogen-bond donors (Lipinski definition) is 2. The van der Waals surface area contributed by atoms with Crippen LogP contribution in [0.1, 0.15) is 39.5 Å². The van der Waals surface area contributed by atoms with Crippen molar-refractivity contribution in [3.8, 4) is 0 Å². The van der Waals surface area contributed by atoms with Crippen molar-refractivity contribution in [1.82, 2.24) is 10.6 Å². The molecule has 84 valence electrons. The molecule has 0 saturated heterocycles. The zero-order chi connectivity index (χ0) is 10.6. The van der Waals surface area contributed by atoms with Crippen molar-refractivity contribution in [2.24, 2.45) is 0 Å². The lowest BCUT2D eigenvalue weighted by Crippen LogP contribution is -2.41. The highest BCUT2D eigenvalue weighted by atomic mass is 28.1. The lowest BCUT2D eigenvalue weighted by molar-refractivity contribution is 0.478. The second-order valence-corrected chi connectivity index (χ2v) is 4.29. The van der Waals surface area contributed by atoms with Crippen molar-refractivity contribution in [1.29, 1.82) is 0 Å². The Hall–Kier alpha value is -0.123. The molecule has 0 aliphatic heterocycles. The molecule has 0 atom stereocenters. The van der Waals surface area contributed by atoms with Crippen molar-refractivity contribution < 1.29 is 0 Å². The maximum absolute atomic E-state index is 3.50. The molecule has 3 heteroatoms. The minimum Gasteiger partial charge on any atom is -0.299 e. The standard InChI is InChI=1S/C11H26N2Si/c1-3-5-8-12-11(7-10-14)13-9-6-4-2/h7,10-13H,3-6,8-9H2,1-2,14H3. The molecule has 0 aliphatic rings. The van der Waals surface area contributed by atoms with Crippen LogP contribution in [0.25, 0.3) is 0 Å². The Balaban J connectivity index is 3.55. The minimum atomic E-state index is 0.394. The maximum atomic E-state index is 3.50. The van der Waals surface area contributed by atoms with Gasteiger partial charge in [0.1, 0.15) is 0 Å². The predicted molar refractivity (Wildman–Crippen MR) is 68.7 cm³/mol. The molecule has 2 N–H and O–H groups in total. The van der Waals surface area contributed by atoms with Gasteiger partial charge in [0, 0.05) is 10.2 Å². The fourth-order valence-corrected chi connectivity index (χ4v) is 1.65. The van der Waals surface area contributed by atoms with Gasteiger partial charge in [-0.2, -0.15) is 0 Å². The molecule has 0 bridgehead atoms. The topological polar surface area (TPSA) is 24.1 Å². The largest absolute Gasteiger partial charge is 0.299 e. The Kier molecular flexibility index (Phi) is 10.9. The number of rotatable bonds is 9. The second kappa shape index (κ2) is 11.0. The van der Waals surface area contributed by atoms with E-state index in [0.717, 1.165) is 23.3 Å². The number of nitrogens with one attached hydrogen (secondary N) is 2. The van der Waals surface area contributed by atoms with E-state index in [2.05, 4.69) is 36.3 Å². The number of hydrogen-bond acceptors (Lipinski definition) is 2. The summed E-state index contributed by atoms with van der Waals surface area (Å²) < 4.78 is 0. The lowest BCUT2D eigenvalue weighted by Gasteiger charge is -2.16. The molecule has 0 unspecified atom stereocenters. The van der Waals surface area contributed by atoms with Crippen molar-refractivity contribution in [2.45, 2.75) is 45.7 Å². The highest BCUT2D eigenvalue weighted by Crippen LogP contribution is 1.89. The molecule has 14 heavy (non-hydrogen) atoms. The normalized spacial score (nSPS) is 11.9. The van der Waals surface area contributed by atoms with Gasteiger partial charge in [0.25, 0.3) is 0 Å². The molecular formula is C11H26N2Si. The molecule has 2 nitrogen and oxygen atoms in total. The van der Waals surface area contributed by atoms with Crippen LogP contribution in [-0.2, 0) is 0 Å². The molecule has 0 amide bonds. The molecule has 0 radical (unpaired) electrons. The van der Waals surface area contributed by atoms with E-state index in [1.165, 1.54) is 25.7 Å². The average Bonchev–Trinajstić information content (AvgIpc) is 2.18. The zero-order valence-electron chi connectivity index (χ0n) is 9.97. The Morgan fingerprint density at radius 3 is 1.93 bits per heavy atom. The van der Waals surface area contributed by atoms with E-state index >= 15 is 0 Å². The smallest absolute Gasteiger partial charge is 0.0760 e. The van der Waals surface area contributed by atoms with E-state index in [4.69, 9.17) is 0 Å². The van der Waals surface area contributed by atoms with Crippen LogP contribution >= 0.6 is 0 Å². The van der Waals surface area contributed by atoms with E-state index in [1.54, 1.807) is 0 Å². The van der Waals surface area contributed by atoms with Gasteiger partial charge in [-0.3, -0.25) is 10.6 Å². The third-order valence-corrected chi connectivity index (χ3v) is 2.56. The summed E-state index contributed by atoms with van der Waals surface area (Å²) in [6.07, 6.45) is 7.70. The summed E-state index contributed by atoms with van der Waals surface area (Å²) >= 11 is 0. The van der Waals surface area contributed by atoms with Crippen molar-refractivity contribution in [3.63, 3.8) is 0 Å². The maximum Gasteiger partial charge on any atom is 0.0760 e. The summed E-state index contributed by atoms with van der Waals surface area (Å²) in [4.78, 5) is 0. The minimum absolute atomic E-state index is 0.394. The van der Waals surface area contributed by atoms with E-state index < -0.39 is 0 Å². The summed E-state index contributed by atoms with van der Waals surface area (Å²) in [5.74, 6) is 0. The van der Waals surface area contributed by atoms with Crippen LogP contribution in [0, 0.1) is 0 Å². The fraction of sp³-hybridized carbons (Fsp3) is 0.818. The first kappa shape index (κ1) is 13.9. The first-order chi connectivity index (χ1) is 6.85. The van der Waals surface area contributed by atoms with Crippen LogP contribution in [0.5, 0.6) is 0 Å². The molecular weight excluding hydrogens is 188 g/mol. The first-order valence-corrected chi connectivity index (χ1v) is 7.10. The molecule has 0 aromatic carbocycles. The Morgan fingerprint density at radius 2 is 1.57 bits per heavy atom. The second-order valence-electron chi connectivity index (χ2n) is 3.62. The van der Waals surface area contributed by atoms with Gasteiger partial charge in [-0.1, -0.05) is 32.8 Å². The molecule has 0 aliphatic carbocycles. The van der Waals surface area contributed by atoms with Gasteiger partial charge in [-0.15, -0.1) is 5.70 Å². The predicted octanol–water partition coefficient (Wildman–Crippen LogP) is 0.971. The summed E-state index contributed by atoms with van der Waals surface area (Å²) in [5, 5.41) is 7.01. The van der Waals surface area contributed by atoms with Gasteiger partial charge >= 0.3 is 0 Å². The van der Waals surface area contributed by atoms with Gasteiger partial charge < -0.3 is 0 Å². The molecule has 0 rings (SSSR count). The van der Waals surface area contributed by atoms with Gasteiger partial charge in [0.15, 0.2) is 0 Å². The Labute approximate surface area is 92.0 Å². The summed E-state index contributed by atoms with van der Waals surface area (Å²) in [6.45, 7) is 6.69. The Morgan fingerprint density at radius 1 is 1.07 bits per heavy atom. The molecule has 0 aromatic heterocycles. The van der Waals surface area contributed by atoms with Gasteiger partial charge in [-0.05, 0) is 25.9 Å². The monoisotopic (exact) mass is 214 g/mol. The highest BCUT2D eigenvalue weighted by molar-refractivity contribution is 6.17. The quantitative estimate of drug-likeness (QED) is 0.340. The molecule has 0 aromatic rings. The number of unbranched alkanes of at least 4 members (excludes halogenated alkanes) is 2. The third-order valence-electron chi connectivity index (χ3n) is 2.17. The van der Waals surface area contributed by atoms with Crippen molar-refractivity contribution in [2.75, 3.05) is 13.1 Å². The summed E-state index contributed by atoms with van der Waals surface area (Å²) in [6, 6.07) is 0. The van der Waals surface area contributed by atoms with Gasteiger partial charge in [0.2, 0.25) is 0 Å². The molecule has 0 spiro atoms. The highest BCUT2D eigenvalue weighted by Gasteiger charge is 1.99. The van der Waals surface area contributed by atoms with Crippen molar-refractivity contribution in [3.05, 3.63) is 11.8 Å². The lowest BCUT2D eigenvalue weighted by atomic mass is 10.3. The first-order valence-electron chi connectivity index (χ1n) is 5.94. The van der Waals surface area contributed by atoms with Crippen LogP contribution in [0.3, 0.4) is 0 Å². The van der Waals surface area contributed by atoms with Crippen molar-refractivity contribution >= 4 is 10.2 Å². The molecule has 0 fully saturated rings. The van der Waals surface area contributed by atoms with Crippen LogP contribution in [0.4, 0.5) is 0 Å². The van der Waals surface area contributed by atoms with E-state index in [1.807, 2.05) is 0 Å². The van der Waals surface area contributed by atoms with Gasteiger partial charge in [0.05, 0.1) is 6.17 Å². The van der Waals surface area contributed by atoms with Crippen LogP contribution in [0.2, 0.25) is 0 Å². The van der Waals surface area contributed by atoms with E-state index in [9.17, 15) is 0 Å². The summed E-state index contributed by atoms with van der Waals surface area (Å²) in [7, 11) is 1.15. The van der Waals surface area contributed by atoms with E-state index in [-0.39, 0.29) is 0 Å². The SMILES string of the molecule is CCCCNC(C=C[SiH3])NCCCC. The fourth-order valence-electron chi connectivity index (χ4n) is 1.27. The van der Waals surface area contributed by atoms with E-state index in [0.29, 0.717) is 6.17 Å². The molecule has 0 saturated carbocycles. The van der Waals surface area contributed by atoms with Crippen LogP contribution in [0.15, 0.2) is 11.8 Å². The third kappa shape index (κ3) is 8.47. The van der Waals surface area contributed by atoms with Crippen LogP contribution < -0.4 is 10.6 Å². The van der Waals surface area contributed by atoms with Gasteiger partial charge in [-0.25, -0.2) is 0 Å². The summed E-state index contributed by atoms with van der Waals surface area (Å²) in [5.41, 5.74) is 2.24. The Bertz CT molecular complexity index is 127. The zero-order valence-corrected chi connectivity index (χ0v) is 12.0. The average molecular weight is 214 g/mol. The molecule has 0 heterocycles.